The van der Waals surface area contributed by atoms with E-state index in [1.54, 1.807) is 0 Å². The molecule has 0 aromatic carbocycles. The second-order valence-electron chi connectivity index (χ2n) is 12.8. The summed E-state index contributed by atoms with van der Waals surface area (Å²) in [6.07, 6.45) is 42.9. The van der Waals surface area contributed by atoms with Gasteiger partial charge < -0.3 is 4.48 Å². The van der Waals surface area contributed by atoms with E-state index in [-0.39, 0.29) is 0 Å². The van der Waals surface area contributed by atoms with Crippen LogP contribution in [0.4, 0.5) is 0 Å². The predicted molar refractivity (Wildman–Crippen MR) is 165 cm³/mol. The number of nitrogens with zero attached hydrogens (tertiary/aromatic N) is 1. The van der Waals surface area contributed by atoms with Gasteiger partial charge in [0.25, 0.3) is 0 Å². The molecule has 1 aliphatic heterocycles. The van der Waals surface area contributed by atoms with Gasteiger partial charge in [-0.3, -0.25) is 0 Å². The number of hydrogen-bond donors (Lipinski definition) is 0. The van der Waals surface area contributed by atoms with E-state index < -0.39 is 0 Å². The Labute approximate surface area is 230 Å². The van der Waals surface area contributed by atoms with Crippen LogP contribution in [0.1, 0.15) is 200 Å². The molecule has 0 bridgehead atoms. The molecule has 36 heavy (non-hydrogen) atoms. The summed E-state index contributed by atoms with van der Waals surface area (Å²) in [5.41, 5.74) is 0. The Balaban J connectivity index is 1.87. The standard InChI is InChI=1S/C35H72N/c1-3-5-7-9-11-13-15-16-17-18-19-21-23-25-27-29-33-36(34-30-31-35-36)32-28-26-24-22-20-14-12-10-8-6-4-2/h3-35H2,1-2H3/q+1. The minimum Gasteiger partial charge on any atom is -0.324 e. The van der Waals surface area contributed by atoms with Gasteiger partial charge in [0.2, 0.25) is 0 Å². The van der Waals surface area contributed by atoms with Crippen LogP contribution in [-0.4, -0.2) is 30.7 Å². The SMILES string of the molecule is CCCCCCCCCCCCCCCCCC[N+]1(CCCCCCCCCCCCC)CCCC1. The highest BCUT2D eigenvalue weighted by atomic mass is 15.4. The maximum atomic E-state index is 2.31. The molecule has 1 aliphatic rings. The fourth-order valence-electron chi connectivity index (χ4n) is 6.67. The van der Waals surface area contributed by atoms with Gasteiger partial charge >= 0.3 is 0 Å². The lowest BCUT2D eigenvalue weighted by molar-refractivity contribution is -0.917. The molecule has 1 saturated heterocycles. The molecular weight excluding hydrogens is 434 g/mol. The van der Waals surface area contributed by atoms with Gasteiger partial charge in [-0.25, -0.2) is 0 Å². The van der Waals surface area contributed by atoms with E-state index in [1.807, 2.05) is 0 Å². The van der Waals surface area contributed by atoms with Gasteiger partial charge in [-0.05, 0) is 25.7 Å². The molecule has 1 fully saturated rings. The summed E-state index contributed by atoms with van der Waals surface area (Å²) in [6, 6.07) is 0. The lowest BCUT2D eigenvalue weighted by atomic mass is 10.0. The summed E-state index contributed by atoms with van der Waals surface area (Å²) >= 11 is 0. The number of quaternary nitrogens is 1. The fraction of sp³-hybridized carbons (Fsp3) is 1.00. The first-order valence-electron chi connectivity index (χ1n) is 17.7. The zero-order valence-corrected chi connectivity index (χ0v) is 25.8. The summed E-state index contributed by atoms with van der Waals surface area (Å²) in [4.78, 5) is 0. The number of unbranched alkanes of at least 4 members (excludes halogenated alkanes) is 25. The zero-order chi connectivity index (χ0) is 25.8. The highest BCUT2D eigenvalue weighted by molar-refractivity contribution is 4.58. The highest BCUT2D eigenvalue weighted by Crippen LogP contribution is 2.23. The summed E-state index contributed by atoms with van der Waals surface area (Å²) in [5, 5.41) is 0. The predicted octanol–water partition coefficient (Wildman–Crippen LogP) is 12.2. The second kappa shape index (κ2) is 26.6. The summed E-state index contributed by atoms with van der Waals surface area (Å²) in [5.74, 6) is 0. The molecule has 0 N–H and O–H groups in total. The van der Waals surface area contributed by atoms with Crippen LogP contribution >= 0.6 is 0 Å². The zero-order valence-electron chi connectivity index (χ0n) is 25.8. The van der Waals surface area contributed by atoms with Crippen LogP contribution < -0.4 is 0 Å². The molecule has 0 saturated carbocycles. The van der Waals surface area contributed by atoms with Crippen molar-refractivity contribution in [3.63, 3.8) is 0 Å². The monoisotopic (exact) mass is 507 g/mol. The molecule has 0 radical (unpaired) electrons. The van der Waals surface area contributed by atoms with Gasteiger partial charge in [-0.2, -0.15) is 0 Å². The largest absolute Gasteiger partial charge is 0.324 e. The number of rotatable bonds is 29. The fourth-order valence-corrected chi connectivity index (χ4v) is 6.67. The first-order valence-corrected chi connectivity index (χ1v) is 17.7. The maximum absolute atomic E-state index is 2.31. The Morgan fingerprint density at radius 2 is 0.528 bits per heavy atom. The summed E-state index contributed by atoms with van der Waals surface area (Å²) in [6.45, 7) is 10.6. The third-order valence-electron chi connectivity index (χ3n) is 9.24. The molecule has 1 heteroatoms. The quantitative estimate of drug-likeness (QED) is 0.0698. The minimum atomic E-state index is 1.37. The van der Waals surface area contributed by atoms with Gasteiger partial charge in [-0.1, -0.05) is 162 Å². The van der Waals surface area contributed by atoms with E-state index in [4.69, 9.17) is 0 Å². The van der Waals surface area contributed by atoms with Crippen LogP contribution in [0.25, 0.3) is 0 Å². The lowest BCUT2D eigenvalue weighted by Crippen LogP contribution is -2.46. The molecule has 0 amide bonds. The van der Waals surface area contributed by atoms with E-state index >= 15 is 0 Å². The van der Waals surface area contributed by atoms with Crippen molar-refractivity contribution in [3.05, 3.63) is 0 Å². The van der Waals surface area contributed by atoms with Crippen molar-refractivity contribution >= 4 is 0 Å². The highest BCUT2D eigenvalue weighted by Gasteiger charge is 2.30. The Bertz CT molecular complexity index is 411. The average molecular weight is 507 g/mol. The molecular formula is C35H72N+. The average Bonchev–Trinajstić information content (AvgIpc) is 3.36. The summed E-state index contributed by atoms with van der Waals surface area (Å²) < 4.78 is 1.50. The van der Waals surface area contributed by atoms with Crippen LogP contribution in [0.5, 0.6) is 0 Å². The van der Waals surface area contributed by atoms with Crippen molar-refractivity contribution in [2.45, 2.75) is 200 Å². The van der Waals surface area contributed by atoms with E-state index in [9.17, 15) is 0 Å². The molecule has 1 rings (SSSR count). The van der Waals surface area contributed by atoms with Crippen molar-refractivity contribution in [3.8, 4) is 0 Å². The van der Waals surface area contributed by atoms with Crippen LogP contribution in [0, 0.1) is 0 Å². The van der Waals surface area contributed by atoms with Gasteiger partial charge in [0, 0.05) is 12.8 Å². The van der Waals surface area contributed by atoms with Crippen molar-refractivity contribution in [2.75, 3.05) is 26.2 Å². The number of likely N-dealkylation sites (tertiary alicyclic amines) is 1. The third kappa shape index (κ3) is 21.0. The van der Waals surface area contributed by atoms with Gasteiger partial charge in [0.05, 0.1) is 26.2 Å². The Kier molecular flexibility index (Phi) is 25.1. The molecule has 1 nitrogen and oxygen atoms in total. The number of hydrogen-bond acceptors (Lipinski definition) is 0. The van der Waals surface area contributed by atoms with Gasteiger partial charge in [-0.15, -0.1) is 0 Å². The third-order valence-corrected chi connectivity index (χ3v) is 9.24. The van der Waals surface area contributed by atoms with Crippen molar-refractivity contribution in [2.24, 2.45) is 0 Å². The van der Waals surface area contributed by atoms with E-state index in [1.165, 1.54) is 217 Å². The van der Waals surface area contributed by atoms with Gasteiger partial charge in [0.1, 0.15) is 0 Å². The van der Waals surface area contributed by atoms with Crippen LogP contribution in [0.2, 0.25) is 0 Å². The molecule has 0 spiro atoms. The van der Waals surface area contributed by atoms with E-state index in [0.717, 1.165) is 0 Å². The van der Waals surface area contributed by atoms with E-state index in [0.29, 0.717) is 0 Å². The molecule has 0 aromatic heterocycles. The molecule has 1 heterocycles. The second-order valence-corrected chi connectivity index (χ2v) is 12.8. The molecule has 0 atom stereocenters. The topological polar surface area (TPSA) is 0 Å². The molecule has 0 aromatic rings. The normalized spacial score (nSPS) is 15.2. The molecule has 0 unspecified atom stereocenters. The first kappa shape index (κ1) is 34.0. The van der Waals surface area contributed by atoms with Crippen LogP contribution in [0.15, 0.2) is 0 Å². The maximum Gasteiger partial charge on any atom is 0.0788 e. The lowest BCUT2D eigenvalue weighted by Gasteiger charge is -2.34. The van der Waals surface area contributed by atoms with Crippen molar-refractivity contribution in [1.29, 1.82) is 0 Å². The Morgan fingerprint density at radius 3 is 0.778 bits per heavy atom. The van der Waals surface area contributed by atoms with E-state index in [2.05, 4.69) is 13.8 Å². The van der Waals surface area contributed by atoms with Crippen molar-refractivity contribution in [1.82, 2.24) is 0 Å². The Morgan fingerprint density at radius 1 is 0.306 bits per heavy atom. The van der Waals surface area contributed by atoms with Crippen LogP contribution in [0.3, 0.4) is 0 Å². The van der Waals surface area contributed by atoms with Crippen LogP contribution in [-0.2, 0) is 0 Å². The van der Waals surface area contributed by atoms with Gasteiger partial charge in [0.15, 0.2) is 0 Å². The Hall–Kier alpha value is -0.0400. The smallest absolute Gasteiger partial charge is 0.0788 e. The van der Waals surface area contributed by atoms with Crippen molar-refractivity contribution < 1.29 is 4.48 Å². The molecule has 216 valence electrons. The molecule has 0 aliphatic carbocycles. The first-order chi connectivity index (χ1) is 17.8. The summed E-state index contributed by atoms with van der Waals surface area (Å²) in [7, 11) is 0. The minimum absolute atomic E-state index is 1.37.